The van der Waals surface area contributed by atoms with Crippen LogP contribution in [0.4, 0.5) is 13.2 Å². The van der Waals surface area contributed by atoms with Crippen LogP contribution >= 0.6 is 0 Å². The Morgan fingerprint density at radius 1 is 1.17 bits per heavy atom. The highest BCUT2D eigenvalue weighted by atomic mass is 19.1. The number of aromatic nitrogens is 1. The number of carbonyl (C=O) groups is 1. The summed E-state index contributed by atoms with van der Waals surface area (Å²) in [7, 11) is 0. The van der Waals surface area contributed by atoms with Gasteiger partial charge in [-0.2, -0.15) is 0 Å². The van der Waals surface area contributed by atoms with Gasteiger partial charge in [-0.15, -0.1) is 0 Å². The molecule has 4 nitrogen and oxygen atoms in total. The number of nitrogens with one attached hydrogen (secondary N) is 2. The number of amides is 1. The molecule has 1 fully saturated rings. The van der Waals surface area contributed by atoms with Crippen LogP contribution < -0.4 is 11.1 Å². The lowest BCUT2D eigenvalue weighted by Gasteiger charge is -2.36. The molecule has 1 aromatic heterocycles. The molecule has 1 aliphatic rings. The number of rotatable bonds is 5. The number of hydrogen-bond acceptors (Lipinski definition) is 2. The zero-order chi connectivity index (χ0) is 20.7. The molecule has 0 radical (unpaired) electrons. The minimum atomic E-state index is -0.658. The van der Waals surface area contributed by atoms with Gasteiger partial charge < -0.3 is 16.0 Å². The normalized spacial score (nSPS) is 19.8. The van der Waals surface area contributed by atoms with E-state index >= 15 is 0 Å². The SMILES string of the molecule is C[C@H](N)C(=O)NC[C@H]1C[C@H](c2c(-c3ccc(F)cc3)[nH]c3c(F)cc(F)cc32)C1. The van der Waals surface area contributed by atoms with Gasteiger partial charge in [0.15, 0.2) is 0 Å². The van der Waals surface area contributed by atoms with Gasteiger partial charge in [0.2, 0.25) is 5.91 Å². The van der Waals surface area contributed by atoms with Crippen molar-refractivity contribution in [3.8, 4) is 11.3 Å². The average Bonchev–Trinajstić information content (AvgIpc) is 3.00. The second-order valence-electron chi connectivity index (χ2n) is 7.80. The Kier molecular flexibility index (Phi) is 5.08. The van der Waals surface area contributed by atoms with Gasteiger partial charge in [-0.25, -0.2) is 13.2 Å². The van der Waals surface area contributed by atoms with Gasteiger partial charge in [0.25, 0.3) is 0 Å². The Balaban J connectivity index is 1.65. The summed E-state index contributed by atoms with van der Waals surface area (Å²) >= 11 is 0. The summed E-state index contributed by atoms with van der Waals surface area (Å²) in [5.74, 6) is -1.50. The molecule has 1 heterocycles. The molecular weight excluding hydrogens is 379 g/mol. The number of halogens is 3. The maximum atomic E-state index is 14.4. The molecule has 1 amide bonds. The quantitative estimate of drug-likeness (QED) is 0.599. The van der Waals surface area contributed by atoms with Crippen molar-refractivity contribution < 1.29 is 18.0 Å². The van der Waals surface area contributed by atoms with Crippen LogP contribution in [0.15, 0.2) is 36.4 Å². The number of nitrogens with two attached hydrogens (primary N) is 1. The molecule has 0 unspecified atom stereocenters. The van der Waals surface area contributed by atoms with Gasteiger partial charge >= 0.3 is 0 Å². The minimum absolute atomic E-state index is 0.0854. The van der Waals surface area contributed by atoms with Crippen molar-refractivity contribution in [3.05, 3.63) is 59.4 Å². The monoisotopic (exact) mass is 401 g/mol. The van der Waals surface area contributed by atoms with E-state index in [1.807, 2.05) is 0 Å². The van der Waals surface area contributed by atoms with Crippen molar-refractivity contribution in [2.45, 2.75) is 31.7 Å². The summed E-state index contributed by atoms with van der Waals surface area (Å²) in [6.45, 7) is 2.15. The standard InChI is InChI=1S/C22H22F3N3O/c1-11(26)22(29)27-10-12-6-14(7-12)19-17-8-16(24)9-18(25)21(17)28-20(19)13-2-4-15(23)5-3-13/h2-5,8-9,11-12,14,28H,6-7,10,26H2,1H3,(H,27,29)/t11-,12-,14-/m0/s1. The van der Waals surface area contributed by atoms with Crippen LogP contribution in [0.3, 0.4) is 0 Å². The summed E-state index contributed by atoms with van der Waals surface area (Å²) in [5, 5.41) is 3.33. The molecule has 3 aromatic rings. The summed E-state index contributed by atoms with van der Waals surface area (Å²) in [4.78, 5) is 14.7. The largest absolute Gasteiger partial charge is 0.354 e. The second-order valence-corrected chi connectivity index (χ2v) is 7.80. The molecule has 152 valence electrons. The van der Waals surface area contributed by atoms with Crippen molar-refractivity contribution >= 4 is 16.8 Å². The third-order valence-corrected chi connectivity index (χ3v) is 5.62. The zero-order valence-corrected chi connectivity index (χ0v) is 15.9. The lowest BCUT2D eigenvalue weighted by Crippen LogP contribution is -2.42. The molecule has 1 atom stereocenters. The molecule has 0 aliphatic heterocycles. The Labute approximate surface area is 166 Å². The molecule has 4 N–H and O–H groups in total. The summed E-state index contributed by atoms with van der Waals surface area (Å²) in [5.41, 5.74) is 8.02. The van der Waals surface area contributed by atoms with E-state index in [0.29, 0.717) is 23.2 Å². The summed E-state index contributed by atoms with van der Waals surface area (Å²) < 4.78 is 41.7. The maximum Gasteiger partial charge on any atom is 0.236 e. The van der Waals surface area contributed by atoms with Crippen LogP contribution in [-0.4, -0.2) is 23.5 Å². The fraction of sp³-hybridized carbons (Fsp3) is 0.318. The first-order chi connectivity index (χ1) is 13.8. The van der Waals surface area contributed by atoms with Crippen molar-refractivity contribution in [1.29, 1.82) is 0 Å². The predicted molar refractivity (Wildman–Crippen MR) is 106 cm³/mol. The van der Waals surface area contributed by atoms with Crippen molar-refractivity contribution in [3.63, 3.8) is 0 Å². The highest BCUT2D eigenvalue weighted by Crippen LogP contribution is 2.48. The van der Waals surface area contributed by atoms with E-state index in [1.54, 1.807) is 19.1 Å². The van der Waals surface area contributed by atoms with Crippen LogP contribution in [0.25, 0.3) is 22.2 Å². The molecule has 1 aliphatic carbocycles. The van der Waals surface area contributed by atoms with Gasteiger partial charge in [0, 0.05) is 18.0 Å². The van der Waals surface area contributed by atoms with Crippen LogP contribution in [0, 0.1) is 23.4 Å². The molecule has 0 bridgehead atoms. The molecule has 4 rings (SSSR count). The first kappa shape index (κ1) is 19.5. The fourth-order valence-corrected chi connectivity index (χ4v) is 4.05. The van der Waals surface area contributed by atoms with E-state index < -0.39 is 17.7 Å². The van der Waals surface area contributed by atoms with E-state index in [4.69, 9.17) is 5.73 Å². The Morgan fingerprint density at radius 2 is 1.86 bits per heavy atom. The first-order valence-corrected chi connectivity index (χ1v) is 9.63. The lowest BCUT2D eigenvalue weighted by atomic mass is 9.70. The maximum absolute atomic E-state index is 14.4. The first-order valence-electron chi connectivity index (χ1n) is 9.63. The van der Waals surface area contributed by atoms with Crippen LogP contribution in [0.1, 0.15) is 31.2 Å². The van der Waals surface area contributed by atoms with E-state index in [1.165, 1.54) is 18.2 Å². The topological polar surface area (TPSA) is 70.9 Å². The van der Waals surface area contributed by atoms with Gasteiger partial charge in [0.1, 0.15) is 17.5 Å². The Hall–Kier alpha value is -2.80. The third-order valence-electron chi connectivity index (χ3n) is 5.62. The van der Waals surface area contributed by atoms with Gasteiger partial charge in [-0.3, -0.25) is 4.79 Å². The lowest BCUT2D eigenvalue weighted by molar-refractivity contribution is -0.122. The van der Waals surface area contributed by atoms with Crippen molar-refractivity contribution in [1.82, 2.24) is 10.3 Å². The fourth-order valence-electron chi connectivity index (χ4n) is 4.05. The number of fused-ring (bicyclic) bond motifs is 1. The molecule has 29 heavy (non-hydrogen) atoms. The van der Waals surface area contributed by atoms with Gasteiger partial charge in [-0.05, 0) is 73.1 Å². The molecule has 1 saturated carbocycles. The van der Waals surface area contributed by atoms with E-state index in [9.17, 15) is 18.0 Å². The van der Waals surface area contributed by atoms with Crippen molar-refractivity contribution in [2.75, 3.05) is 6.54 Å². The van der Waals surface area contributed by atoms with E-state index in [-0.39, 0.29) is 29.1 Å². The van der Waals surface area contributed by atoms with E-state index in [2.05, 4.69) is 10.3 Å². The Morgan fingerprint density at radius 3 is 2.52 bits per heavy atom. The molecule has 7 heteroatoms. The number of aromatic amines is 1. The molecule has 0 saturated heterocycles. The van der Waals surface area contributed by atoms with Gasteiger partial charge in [0.05, 0.1) is 17.3 Å². The highest BCUT2D eigenvalue weighted by Gasteiger charge is 2.34. The minimum Gasteiger partial charge on any atom is -0.354 e. The number of carbonyl (C=O) groups excluding carboxylic acids is 1. The third kappa shape index (κ3) is 3.74. The summed E-state index contributed by atoms with van der Waals surface area (Å²) in [6.07, 6.45) is 1.55. The highest BCUT2D eigenvalue weighted by molar-refractivity contribution is 5.92. The van der Waals surface area contributed by atoms with Gasteiger partial charge in [-0.1, -0.05) is 0 Å². The second kappa shape index (κ2) is 7.55. The Bertz CT molecular complexity index is 1050. The zero-order valence-electron chi connectivity index (χ0n) is 15.9. The van der Waals surface area contributed by atoms with Crippen molar-refractivity contribution in [2.24, 2.45) is 11.7 Å². The molecular formula is C22H22F3N3O. The van der Waals surface area contributed by atoms with Crippen LogP contribution in [0.5, 0.6) is 0 Å². The number of H-pyrrole nitrogens is 1. The predicted octanol–water partition coefficient (Wildman–Crippen LogP) is 4.21. The van der Waals surface area contributed by atoms with Crippen LogP contribution in [0.2, 0.25) is 0 Å². The van der Waals surface area contributed by atoms with E-state index in [0.717, 1.165) is 24.5 Å². The number of hydrogen-bond donors (Lipinski definition) is 3. The molecule has 2 aromatic carbocycles. The summed E-state index contributed by atoms with van der Waals surface area (Å²) in [6, 6.07) is 7.55. The number of benzene rings is 2. The molecule has 0 spiro atoms. The smallest absolute Gasteiger partial charge is 0.236 e. The van der Waals surface area contributed by atoms with Crippen LogP contribution in [-0.2, 0) is 4.79 Å². The average molecular weight is 401 g/mol.